The van der Waals surface area contributed by atoms with E-state index in [1.807, 2.05) is 0 Å². The molecule has 31 heavy (non-hydrogen) atoms. The predicted molar refractivity (Wildman–Crippen MR) is 112 cm³/mol. The Morgan fingerprint density at radius 3 is 2.58 bits per heavy atom. The Labute approximate surface area is 177 Å². The van der Waals surface area contributed by atoms with Crippen molar-refractivity contribution in [3.63, 3.8) is 0 Å². The number of halogens is 1. The van der Waals surface area contributed by atoms with Gasteiger partial charge in [0, 0.05) is 23.5 Å². The molecular formula is C21H21FN6O3. The number of hydrogen-bond acceptors (Lipinski definition) is 5. The highest BCUT2D eigenvalue weighted by molar-refractivity contribution is 6.05. The van der Waals surface area contributed by atoms with Crippen LogP contribution in [0.15, 0.2) is 65.9 Å². The molecule has 0 saturated heterocycles. The first kappa shape index (κ1) is 21.7. The zero-order valence-electron chi connectivity index (χ0n) is 16.4. The van der Waals surface area contributed by atoms with E-state index in [4.69, 9.17) is 16.6 Å². The van der Waals surface area contributed by atoms with Crippen molar-refractivity contribution in [3.05, 3.63) is 83.4 Å². The second-order valence-corrected chi connectivity index (χ2v) is 6.69. The molecule has 3 aromatic rings. The van der Waals surface area contributed by atoms with Gasteiger partial charge in [-0.3, -0.25) is 14.9 Å². The number of benzene rings is 2. The van der Waals surface area contributed by atoms with Crippen molar-refractivity contribution < 1.29 is 19.1 Å². The quantitative estimate of drug-likeness (QED) is 0.331. The van der Waals surface area contributed by atoms with Gasteiger partial charge in [0.15, 0.2) is 5.96 Å². The Bertz CT molecular complexity index is 1100. The molecule has 160 valence electrons. The van der Waals surface area contributed by atoms with Crippen molar-refractivity contribution in [1.82, 2.24) is 15.1 Å². The topological polar surface area (TPSA) is 149 Å². The lowest BCUT2D eigenvalue weighted by molar-refractivity contribution is -0.138. The average molecular weight is 424 g/mol. The van der Waals surface area contributed by atoms with Gasteiger partial charge in [0.25, 0.3) is 5.91 Å². The number of aliphatic carboxylic acids is 1. The van der Waals surface area contributed by atoms with Gasteiger partial charge in [-0.05, 0) is 42.3 Å². The Balaban J connectivity index is 1.66. The smallest absolute Gasteiger partial charge is 0.320 e. The zero-order valence-corrected chi connectivity index (χ0v) is 16.4. The summed E-state index contributed by atoms with van der Waals surface area (Å²) in [5.74, 6) is -2.24. The van der Waals surface area contributed by atoms with Crippen molar-refractivity contribution >= 4 is 17.8 Å². The number of nitrogens with one attached hydrogen (secondary N) is 1. The van der Waals surface area contributed by atoms with Crippen LogP contribution in [0.25, 0.3) is 5.69 Å². The number of aromatic nitrogens is 2. The highest BCUT2D eigenvalue weighted by Gasteiger charge is 2.14. The van der Waals surface area contributed by atoms with E-state index in [1.54, 1.807) is 42.7 Å². The lowest BCUT2D eigenvalue weighted by Gasteiger charge is -2.10. The van der Waals surface area contributed by atoms with Crippen LogP contribution in [0.1, 0.15) is 21.5 Å². The van der Waals surface area contributed by atoms with Crippen LogP contribution in [0.2, 0.25) is 0 Å². The Morgan fingerprint density at radius 2 is 1.94 bits per heavy atom. The summed E-state index contributed by atoms with van der Waals surface area (Å²) in [5, 5.41) is 15.4. The number of carboxylic acid groups (broad SMARTS) is 1. The van der Waals surface area contributed by atoms with Gasteiger partial charge in [-0.1, -0.05) is 18.2 Å². The van der Waals surface area contributed by atoms with Gasteiger partial charge in [0.2, 0.25) is 0 Å². The number of carbonyl (C=O) groups is 2. The van der Waals surface area contributed by atoms with Crippen molar-refractivity contribution in [3.8, 4) is 5.69 Å². The summed E-state index contributed by atoms with van der Waals surface area (Å²) in [6.45, 7) is -0.0972. The lowest BCUT2D eigenvalue weighted by Crippen LogP contribution is -2.37. The highest BCUT2D eigenvalue weighted by atomic mass is 19.1. The number of hydrogen-bond donors (Lipinski definition) is 4. The molecule has 1 heterocycles. The number of nitrogens with two attached hydrogens (primary N) is 2. The molecule has 1 aromatic heterocycles. The Kier molecular flexibility index (Phi) is 6.73. The van der Waals surface area contributed by atoms with E-state index in [9.17, 15) is 14.0 Å². The van der Waals surface area contributed by atoms with E-state index in [-0.39, 0.29) is 24.5 Å². The maximum atomic E-state index is 14.3. The summed E-state index contributed by atoms with van der Waals surface area (Å²) in [5.41, 5.74) is 13.1. The molecule has 1 amide bonds. The van der Waals surface area contributed by atoms with Gasteiger partial charge >= 0.3 is 5.97 Å². The third-order valence-electron chi connectivity index (χ3n) is 4.48. The minimum Gasteiger partial charge on any atom is -0.480 e. The predicted octanol–water partition coefficient (Wildman–Crippen LogP) is 1.21. The normalized spacial score (nSPS) is 12.4. The SMILES string of the molecule is NC(=NCc1c(F)cccc1-n1cccn1)NC(=O)c1ccc(CC(N)C(=O)O)cc1. The van der Waals surface area contributed by atoms with E-state index in [2.05, 4.69) is 15.4 Å². The second kappa shape index (κ2) is 9.63. The second-order valence-electron chi connectivity index (χ2n) is 6.69. The monoisotopic (exact) mass is 424 g/mol. The molecule has 0 aliphatic rings. The molecule has 2 aromatic carbocycles. The maximum Gasteiger partial charge on any atom is 0.320 e. The van der Waals surface area contributed by atoms with Gasteiger partial charge in [-0.2, -0.15) is 5.10 Å². The number of guanidine groups is 1. The average Bonchev–Trinajstić information content (AvgIpc) is 3.27. The molecule has 9 nitrogen and oxygen atoms in total. The summed E-state index contributed by atoms with van der Waals surface area (Å²) in [6.07, 6.45) is 3.40. The molecule has 1 atom stereocenters. The molecular weight excluding hydrogens is 403 g/mol. The minimum absolute atomic E-state index is 0.0972. The Morgan fingerprint density at radius 1 is 1.19 bits per heavy atom. The molecule has 6 N–H and O–H groups in total. The molecule has 0 aliphatic heterocycles. The van der Waals surface area contributed by atoms with E-state index in [1.165, 1.54) is 22.9 Å². The minimum atomic E-state index is -1.10. The summed E-state index contributed by atoms with van der Waals surface area (Å²) >= 11 is 0. The van der Waals surface area contributed by atoms with Gasteiger partial charge in [0.05, 0.1) is 12.2 Å². The van der Waals surface area contributed by atoms with Crippen LogP contribution < -0.4 is 16.8 Å². The van der Waals surface area contributed by atoms with Gasteiger partial charge in [0.1, 0.15) is 11.9 Å². The molecule has 0 spiro atoms. The Hall–Kier alpha value is -4.05. The van der Waals surface area contributed by atoms with Gasteiger partial charge in [-0.15, -0.1) is 0 Å². The van der Waals surface area contributed by atoms with Crippen LogP contribution >= 0.6 is 0 Å². The molecule has 1 unspecified atom stereocenters. The van der Waals surface area contributed by atoms with Crippen LogP contribution in [0.3, 0.4) is 0 Å². The summed E-state index contributed by atoms with van der Waals surface area (Å²) in [6, 6.07) is 11.6. The fraction of sp³-hybridized carbons (Fsp3) is 0.143. The van der Waals surface area contributed by atoms with Crippen LogP contribution in [0.5, 0.6) is 0 Å². The first-order chi connectivity index (χ1) is 14.8. The van der Waals surface area contributed by atoms with E-state index >= 15 is 0 Å². The number of carbonyl (C=O) groups excluding carboxylic acids is 1. The lowest BCUT2D eigenvalue weighted by atomic mass is 10.0. The van der Waals surface area contributed by atoms with Crippen LogP contribution in [-0.4, -0.2) is 38.8 Å². The first-order valence-electron chi connectivity index (χ1n) is 9.31. The molecule has 3 rings (SSSR count). The summed E-state index contributed by atoms with van der Waals surface area (Å²) < 4.78 is 15.8. The van der Waals surface area contributed by atoms with Crippen molar-refractivity contribution in [1.29, 1.82) is 0 Å². The number of rotatable bonds is 7. The van der Waals surface area contributed by atoms with Crippen LogP contribution in [-0.2, 0) is 17.8 Å². The molecule has 0 aliphatic carbocycles. The van der Waals surface area contributed by atoms with E-state index in [0.717, 1.165) is 0 Å². The molecule has 0 fully saturated rings. The number of amides is 1. The summed E-state index contributed by atoms with van der Waals surface area (Å²) in [7, 11) is 0. The van der Waals surface area contributed by atoms with E-state index in [0.29, 0.717) is 16.8 Å². The fourth-order valence-electron chi connectivity index (χ4n) is 2.86. The fourth-order valence-corrected chi connectivity index (χ4v) is 2.86. The largest absolute Gasteiger partial charge is 0.480 e. The standard InChI is InChI=1S/C21H21FN6O3/c22-16-3-1-4-18(28-10-2-9-26-28)15(16)12-25-21(24)27-19(29)14-7-5-13(6-8-14)11-17(23)20(30)31/h1-10,17H,11-12,23H2,(H,30,31)(H3,24,25,27,29). The number of carboxylic acids is 1. The van der Waals surface area contributed by atoms with Crippen LogP contribution in [0, 0.1) is 5.82 Å². The molecule has 0 saturated carbocycles. The number of nitrogens with zero attached hydrogens (tertiary/aromatic N) is 3. The first-order valence-corrected chi connectivity index (χ1v) is 9.31. The number of aliphatic imine (C=N–C) groups is 1. The highest BCUT2D eigenvalue weighted by Crippen LogP contribution is 2.18. The van der Waals surface area contributed by atoms with Crippen molar-refractivity contribution in [2.75, 3.05) is 0 Å². The van der Waals surface area contributed by atoms with Gasteiger partial charge < -0.3 is 16.6 Å². The third kappa shape index (κ3) is 5.52. The molecule has 0 radical (unpaired) electrons. The van der Waals surface area contributed by atoms with E-state index < -0.39 is 23.7 Å². The molecule has 0 bridgehead atoms. The van der Waals surface area contributed by atoms with Gasteiger partial charge in [-0.25, -0.2) is 14.1 Å². The van der Waals surface area contributed by atoms with Crippen molar-refractivity contribution in [2.45, 2.75) is 19.0 Å². The molecule has 10 heteroatoms. The maximum absolute atomic E-state index is 14.3. The zero-order chi connectivity index (χ0) is 22.4. The summed E-state index contributed by atoms with van der Waals surface area (Å²) in [4.78, 5) is 27.2. The van der Waals surface area contributed by atoms with Crippen molar-refractivity contribution in [2.24, 2.45) is 16.5 Å². The van der Waals surface area contributed by atoms with Crippen LogP contribution in [0.4, 0.5) is 4.39 Å². The third-order valence-corrected chi connectivity index (χ3v) is 4.48.